The lowest BCUT2D eigenvalue weighted by atomic mass is 9.69. The highest BCUT2D eigenvalue weighted by Crippen LogP contribution is 2.41. The second-order valence-corrected chi connectivity index (χ2v) is 5.19. The summed E-state index contributed by atoms with van der Waals surface area (Å²) >= 11 is 0. The summed E-state index contributed by atoms with van der Waals surface area (Å²) in [5.74, 6) is 0.464. The molecule has 0 aliphatic heterocycles. The van der Waals surface area contributed by atoms with Crippen molar-refractivity contribution in [2.24, 2.45) is 5.92 Å². The quantitative estimate of drug-likeness (QED) is 0.678. The van der Waals surface area contributed by atoms with Gasteiger partial charge < -0.3 is 10.2 Å². The van der Waals surface area contributed by atoms with Crippen molar-refractivity contribution in [2.45, 2.75) is 69.5 Å². The molecule has 2 saturated carbocycles. The molecule has 2 N–H and O–H groups in total. The second kappa shape index (κ2) is 4.19. The lowest BCUT2D eigenvalue weighted by molar-refractivity contribution is -0.0939. The van der Waals surface area contributed by atoms with Gasteiger partial charge in [0.25, 0.3) is 0 Å². The number of aliphatic hydroxyl groups excluding tert-OH is 1. The van der Waals surface area contributed by atoms with Crippen molar-refractivity contribution in [3.63, 3.8) is 0 Å². The lowest BCUT2D eigenvalue weighted by Crippen LogP contribution is -2.44. The molecule has 2 rings (SSSR count). The summed E-state index contributed by atoms with van der Waals surface area (Å²) in [4.78, 5) is 0. The van der Waals surface area contributed by atoms with Crippen LogP contribution in [0.4, 0.5) is 0 Å². The third kappa shape index (κ3) is 2.12. The van der Waals surface area contributed by atoms with Crippen LogP contribution in [0.5, 0.6) is 0 Å². The fourth-order valence-electron chi connectivity index (χ4n) is 3.27. The Balaban J connectivity index is 1.98. The van der Waals surface area contributed by atoms with Gasteiger partial charge in [0.15, 0.2) is 0 Å². The zero-order chi connectivity index (χ0) is 10.0. The molecule has 0 saturated heterocycles. The zero-order valence-corrected chi connectivity index (χ0v) is 8.91. The minimum absolute atomic E-state index is 0.254. The minimum atomic E-state index is -0.530. The molecule has 0 heterocycles. The monoisotopic (exact) mass is 198 g/mol. The first-order valence-corrected chi connectivity index (χ1v) is 6.11. The summed E-state index contributed by atoms with van der Waals surface area (Å²) in [5, 5.41) is 20.1. The molecule has 0 aromatic carbocycles. The second-order valence-electron chi connectivity index (χ2n) is 5.19. The molecular formula is C12H22O2. The van der Waals surface area contributed by atoms with E-state index in [-0.39, 0.29) is 6.10 Å². The summed E-state index contributed by atoms with van der Waals surface area (Å²) in [5.41, 5.74) is -0.530. The van der Waals surface area contributed by atoms with E-state index in [1.54, 1.807) is 0 Å². The van der Waals surface area contributed by atoms with Crippen LogP contribution >= 0.6 is 0 Å². The first kappa shape index (κ1) is 10.4. The maximum Gasteiger partial charge on any atom is 0.0700 e. The number of rotatable bonds is 1. The largest absolute Gasteiger partial charge is 0.393 e. The molecule has 2 fully saturated rings. The van der Waals surface area contributed by atoms with Crippen LogP contribution in [0.1, 0.15) is 57.8 Å². The molecule has 0 amide bonds. The maximum atomic E-state index is 10.5. The Hall–Kier alpha value is -0.0800. The van der Waals surface area contributed by atoms with Crippen molar-refractivity contribution < 1.29 is 10.2 Å². The minimum Gasteiger partial charge on any atom is -0.393 e. The van der Waals surface area contributed by atoms with E-state index in [2.05, 4.69) is 0 Å². The van der Waals surface area contributed by atoms with Crippen LogP contribution in [0.15, 0.2) is 0 Å². The standard InChI is InChI=1S/C12H22O2/c13-11-7-4-8-12(14,9-11)10-5-2-1-3-6-10/h10-11,13-14H,1-9H2. The smallest absolute Gasteiger partial charge is 0.0700 e. The van der Waals surface area contributed by atoms with Gasteiger partial charge in [0, 0.05) is 6.42 Å². The summed E-state index contributed by atoms with van der Waals surface area (Å²) in [7, 11) is 0. The summed E-state index contributed by atoms with van der Waals surface area (Å²) in [6.45, 7) is 0. The van der Waals surface area contributed by atoms with E-state index in [0.717, 1.165) is 19.3 Å². The average molecular weight is 198 g/mol. The molecule has 0 aromatic rings. The summed E-state index contributed by atoms with van der Waals surface area (Å²) < 4.78 is 0. The van der Waals surface area contributed by atoms with Gasteiger partial charge in [-0.05, 0) is 38.0 Å². The maximum absolute atomic E-state index is 10.5. The topological polar surface area (TPSA) is 40.5 Å². The normalized spacial score (nSPS) is 41.1. The molecule has 2 aliphatic rings. The first-order chi connectivity index (χ1) is 6.71. The van der Waals surface area contributed by atoms with E-state index >= 15 is 0 Å². The van der Waals surface area contributed by atoms with Gasteiger partial charge in [-0.2, -0.15) is 0 Å². The number of aliphatic hydroxyl groups is 2. The molecule has 14 heavy (non-hydrogen) atoms. The van der Waals surface area contributed by atoms with Crippen LogP contribution in [-0.2, 0) is 0 Å². The molecular weight excluding hydrogens is 176 g/mol. The molecule has 0 radical (unpaired) electrons. The highest BCUT2D eigenvalue weighted by Gasteiger charge is 2.40. The molecule has 2 nitrogen and oxygen atoms in total. The van der Waals surface area contributed by atoms with Crippen molar-refractivity contribution in [1.82, 2.24) is 0 Å². The van der Waals surface area contributed by atoms with Crippen molar-refractivity contribution >= 4 is 0 Å². The van der Waals surface area contributed by atoms with E-state index < -0.39 is 5.60 Å². The summed E-state index contributed by atoms with van der Waals surface area (Å²) in [6, 6.07) is 0. The fraction of sp³-hybridized carbons (Fsp3) is 1.00. The first-order valence-electron chi connectivity index (χ1n) is 6.11. The molecule has 2 unspecified atom stereocenters. The van der Waals surface area contributed by atoms with Crippen LogP contribution in [0, 0.1) is 5.92 Å². The van der Waals surface area contributed by atoms with Gasteiger partial charge in [-0.15, -0.1) is 0 Å². The Bertz CT molecular complexity index is 187. The zero-order valence-electron chi connectivity index (χ0n) is 8.91. The third-order valence-electron chi connectivity index (χ3n) is 4.10. The average Bonchev–Trinajstić information content (AvgIpc) is 2.19. The van der Waals surface area contributed by atoms with Gasteiger partial charge in [0.1, 0.15) is 0 Å². The molecule has 2 aliphatic carbocycles. The number of hydrogen-bond acceptors (Lipinski definition) is 2. The van der Waals surface area contributed by atoms with E-state index in [1.807, 2.05) is 0 Å². The Labute approximate surface area is 86.3 Å². The van der Waals surface area contributed by atoms with Crippen molar-refractivity contribution in [3.8, 4) is 0 Å². The van der Waals surface area contributed by atoms with Crippen molar-refractivity contribution in [2.75, 3.05) is 0 Å². The van der Waals surface area contributed by atoms with Gasteiger partial charge in [0.05, 0.1) is 11.7 Å². The van der Waals surface area contributed by atoms with Crippen LogP contribution in [0.3, 0.4) is 0 Å². The van der Waals surface area contributed by atoms with Crippen LogP contribution in [-0.4, -0.2) is 21.9 Å². The highest BCUT2D eigenvalue weighted by molar-refractivity contribution is 4.92. The molecule has 0 spiro atoms. The summed E-state index contributed by atoms with van der Waals surface area (Å²) in [6.07, 6.45) is 9.36. The van der Waals surface area contributed by atoms with Crippen LogP contribution in [0.2, 0.25) is 0 Å². The van der Waals surface area contributed by atoms with Crippen LogP contribution in [0.25, 0.3) is 0 Å². The SMILES string of the molecule is OC1CCCC(O)(C2CCCCC2)C1. The lowest BCUT2D eigenvalue weighted by Gasteiger charge is -2.42. The Kier molecular flexibility index (Phi) is 3.13. The van der Waals surface area contributed by atoms with Gasteiger partial charge >= 0.3 is 0 Å². The van der Waals surface area contributed by atoms with Gasteiger partial charge in [-0.25, -0.2) is 0 Å². The Morgan fingerprint density at radius 2 is 1.64 bits per heavy atom. The van der Waals surface area contributed by atoms with Gasteiger partial charge in [-0.1, -0.05) is 19.3 Å². The van der Waals surface area contributed by atoms with Crippen LogP contribution < -0.4 is 0 Å². The van der Waals surface area contributed by atoms with E-state index in [1.165, 1.54) is 32.1 Å². The Morgan fingerprint density at radius 3 is 2.29 bits per heavy atom. The number of hydrogen-bond donors (Lipinski definition) is 2. The molecule has 82 valence electrons. The molecule has 0 aromatic heterocycles. The Morgan fingerprint density at radius 1 is 0.929 bits per heavy atom. The predicted octanol–water partition coefficient (Wildman–Crippen LogP) is 2.23. The molecule has 2 atom stereocenters. The predicted molar refractivity (Wildman–Crippen MR) is 56.0 cm³/mol. The third-order valence-corrected chi connectivity index (χ3v) is 4.10. The van der Waals surface area contributed by atoms with Gasteiger partial charge in [-0.3, -0.25) is 0 Å². The molecule has 2 heteroatoms. The molecule has 0 bridgehead atoms. The highest BCUT2D eigenvalue weighted by atomic mass is 16.3. The van der Waals surface area contributed by atoms with E-state index in [9.17, 15) is 10.2 Å². The van der Waals surface area contributed by atoms with E-state index in [0.29, 0.717) is 12.3 Å². The fourth-order valence-corrected chi connectivity index (χ4v) is 3.27. The van der Waals surface area contributed by atoms with E-state index in [4.69, 9.17) is 0 Å². The van der Waals surface area contributed by atoms with Crippen molar-refractivity contribution in [1.29, 1.82) is 0 Å². The van der Waals surface area contributed by atoms with Crippen molar-refractivity contribution in [3.05, 3.63) is 0 Å². The van der Waals surface area contributed by atoms with Gasteiger partial charge in [0.2, 0.25) is 0 Å².